The van der Waals surface area contributed by atoms with E-state index in [2.05, 4.69) is 26.1 Å². The Labute approximate surface area is 187 Å². The summed E-state index contributed by atoms with van der Waals surface area (Å²) in [5.74, 6) is -0.696. The fraction of sp³-hybridized carbons (Fsp3) is 0.222. The molecule has 0 aliphatic rings. The van der Waals surface area contributed by atoms with Gasteiger partial charge >= 0.3 is 12.4 Å². The summed E-state index contributed by atoms with van der Waals surface area (Å²) < 4.78 is 77.1. The molecule has 15 heteroatoms. The van der Waals surface area contributed by atoms with E-state index in [1.807, 2.05) is 0 Å². The number of halogens is 7. The molecule has 8 nitrogen and oxygen atoms in total. The third kappa shape index (κ3) is 7.14. The molecule has 0 unspecified atom stereocenters. The summed E-state index contributed by atoms with van der Waals surface area (Å²) in [4.78, 5) is 3.61. The zero-order valence-electron chi connectivity index (χ0n) is 16.4. The van der Waals surface area contributed by atoms with E-state index in [1.54, 1.807) is 0 Å². The van der Waals surface area contributed by atoms with E-state index >= 15 is 0 Å². The van der Waals surface area contributed by atoms with Gasteiger partial charge in [0, 0.05) is 19.3 Å². The van der Waals surface area contributed by atoms with Crippen molar-refractivity contribution in [2.75, 3.05) is 29.1 Å². The molecule has 0 aliphatic heterocycles. The molecule has 0 amide bonds. The van der Waals surface area contributed by atoms with Crippen LogP contribution in [0, 0.1) is 16.7 Å². The third-order valence-electron chi connectivity index (χ3n) is 3.90. The summed E-state index contributed by atoms with van der Waals surface area (Å²) in [7, 11) is 0. The highest BCUT2D eigenvalue weighted by molar-refractivity contribution is 6.45. The lowest BCUT2D eigenvalue weighted by Gasteiger charge is -2.15. The molecule has 0 spiro atoms. The van der Waals surface area contributed by atoms with Crippen LogP contribution < -0.4 is 21.8 Å². The molecular formula is C18H15ClF6N8. The maximum atomic E-state index is 13.0. The zero-order chi connectivity index (χ0) is 24.8. The Bertz CT molecular complexity index is 1090. The average Bonchev–Trinajstić information content (AvgIpc) is 2.71. The van der Waals surface area contributed by atoms with Crippen LogP contribution in [0.5, 0.6) is 0 Å². The maximum absolute atomic E-state index is 13.0. The van der Waals surface area contributed by atoms with Crippen LogP contribution in [0.25, 0.3) is 0 Å². The fourth-order valence-corrected chi connectivity index (χ4v) is 2.56. The molecule has 6 N–H and O–H groups in total. The van der Waals surface area contributed by atoms with Crippen LogP contribution in [0.3, 0.4) is 0 Å². The smallest absolute Gasteiger partial charge is 0.382 e. The molecule has 1 heterocycles. The van der Waals surface area contributed by atoms with E-state index in [0.717, 1.165) is 18.2 Å². The Morgan fingerprint density at radius 2 is 1.70 bits per heavy atom. The van der Waals surface area contributed by atoms with Crippen molar-refractivity contribution < 1.29 is 26.3 Å². The summed E-state index contributed by atoms with van der Waals surface area (Å²) in [5.41, 5.74) is 4.87. The van der Waals surface area contributed by atoms with Crippen molar-refractivity contribution in [2.45, 2.75) is 12.4 Å². The molecule has 0 fully saturated rings. The van der Waals surface area contributed by atoms with Crippen molar-refractivity contribution in [3.8, 4) is 6.07 Å². The minimum Gasteiger partial charge on any atom is -0.382 e. The van der Waals surface area contributed by atoms with Gasteiger partial charge in [0.2, 0.25) is 5.71 Å². The first-order valence-electron chi connectivity index (χ1n) is 8.83. The number of nitriles is 1. The van der Waals surface area contributed by atoms with Gasteiger partial charge in [0.15, 0.2) is 5.84 Å². The van der Waals surface area contributed by atoms with Crippen LogP contribution in [0.2, 0.25) is 5.02 Å². The Balaban J connectivity index is 2.12. The lowest BCUT2D eigenvalue weighted by Crippen LogP contribution is -2.22. The van der Waals surface area contributed by atoms with Crippen LogP contribution in [0.4, 0.5) is 43.5 Å². The number of rotatable bonds is 8. The first-order chi connectivity index (χ1) is 15.3. The van der Waals surface area contributed by atoms with Crippen molar-refractivity contribution in [3.63, 3.8) is 0 Å². The van der Waals surface area contributed by atoms with Crippen LogP contribution in [-0.2, 0) is 12.4 Å². The lowest BCUT2D eigenvalue weighted by molar-refractivity contribution is -0.138. The van der Waals surface area contributed by atoms with E-state index in [1.165, 1.54) is 6.07 Å². The van der Waals surface area contributed by atoms with Crippen molar-refractivity contribution in [1.29, 1.82) is 10.7 Å². The number of benzene rings is 1. The molecule has 0 bridgehead atoms. The number of aromatic nitrogens is 1. The minimum atomic E-state index is -4.65. The summed E-state index contributed by atoms with van der Waals surface area (Å²) in [6, 6.07) is 4.90. The monoisotopic (exact) mass is 492 g/mol. The van der Waals surface area contributed by atoms with E-state index < -0.39 is 35.0 Å². The topological polar surface area (TPSA) is 135 Å². The van der Waals surface area contributed by atoms with Gasteiger partial charge in [0.05, 0.1) is 27.5 Å². The van der Waals surface area contributed by atoms with Gasteiger partial charge in [0.1, 0.15) is 11.9 Å². The van der Waals surface area contributed by atoms with E-state index in [9.17, 15) is 26.3 Å². The molecule has 1 aromatic carbocycles. The minimum absolute atomic E-state index is 0.0121. The standard InChI is InChI=1S/C18H15ClF6N8/c19-11-5-10(18(23,24)25)8-31-16(11)30-4-3-29-12-2-1-9(17(20,21)22)6-13(12)32-33-14(7-26)15(27)28/h1-2,5-6,8,29,32H,3-4H2,(H3,27,28)(H,30,31)/b33-14+. The summed E-state index contributed by atoms with van der Waals surface area (Å²) in [5, 5.41) is 24.8. The van der Waals surface area contributed by atoms with Crippen LogP contribution in [0.15, 0.2) is 35.6 Å². The van der Waals surface area contributed by atoms with E-state index in [4.69, 9.17) is 28.0 Å². The zero-order valence-corrected chi connectivity index (χ0v) is 17.1. The Morgan fingerprint density at radius 3 is 2.24 bits per heavy atom. The highest BCUT2D eigenvalue weighted by Crippen LogP contribution is 2.34. The predicted octanol–water partition coefficient (Wildman–Crippen LogP) is 4.52. The molecule has 176 valence electrons. The van der Waals surface area contributed by atoms with Crippen LogP contribution in [0.1, 0.15) is 11.1 Å². The maximum Gasteiger partial charge on any atom is 0.417 e. The number of alkyl halides is 6. The number of nitrogens with one attached hydrogen (secondary N) is 4. The number of nitrogens with zero attached hydrogens (tertiary/aromatic N) is 3. The molecule has 1 aromatic heterocycles. The molecule has 2 rings (SSSR count). The molecule has 0 saturated heterocycles. The molecule has 2 aromatic rings. The van der Waals surface area contributed by atoms with Gasteiger partial charge < -0.3 is 16.4 Å². The normalized spacial score (nSPS) is 12.1. The van der Waals surface area contributed by atoms with Crippen molar-refractivity contribution in [1.82, 2.24) is 4.98 Å². The summed E-state index contributed by atoms with van der Waals surface area (Å²) in [6.07, 6.45) is -8.64. The first-order valence-corrected chi connectivity index (χ1v) is 9.20. The second-order valence-corrected chi connectivity index (χ2v) is 6.67. The fourth-order valence-electron chi connectivity index (χ4n) is 2.33. The van der Waals surface area contributed by atoms with Crippen molar-refractivity contribution in [2.24, 2.45) is 10.8 Å². The summed E-state index contributed by atoms with van der Waals surface area (Å²) in [6.45, 7) is 0.166. The first kappa shape index (κ1) is 25.5. The van der Waals surface area contributed by atoms with Gasteiger partial charge in [-0.05, 0) is 24.3 Å². The Kier molecular flexibility index (Phi) is 7.94. The summed E-state index contributed by atoms with van der Waals surface area (Å²) >= 11 is 5.80. The highest BCUT2D eigenvalue weighted by Gasteiger charge is 2.32. The average molecular weight is 493 g/mol. The van der Waals surface area contributed by atoms with Crippen molar-refractivity contribution in [3.05, 3.63) is 46.6 Å². The molecular weight excluding hydrogens is 478 g/mol. The Hall–Kier alpha value is -3.73. The third-order valence-corrected chi connectivity index (χ3v) is 4.19. The van der Waals surface area contributed by atoms with Crippen LogP contribution >= 0.6 is 11.6 Å². The Morgan fingerprint density at radius 1 is 1.06 bits per heavy atom. The van der Waals surface area contributed by atoms with Gasteiger partial charge in [-0.25, -0.2) is 4.98 Å². The number of hydrogen-bond donors (Lipinski definition) is 5. The predicted molar refractivity (Wildman–Crippen MR) is 111 cm³/mol. The van der Waals surface area contributed by atoms with Crippen molar-refractivity contribution >= 4 is 40.3 Å². The number of hydrogen-bond acceptors (Lipinski definition) is 7. The van der Waals surface area contributed by atoms with Gasteiger partial charge in [0.25, 0.3) is 0 Å². The SMILES string of the molecule is N#C/C(=N\Nc1cc(C(F)(F)F)ccc1NCCNc1ncc(C(F)(F)F)cc1Cl)C(=N)N. The number of amidine groups is 1. The molecule has 0 atom stereocenters. The van der Waals surface area contributed by atoms with Gasteiger partial charge in [-0.3, -0.25) is 10.8 Å². The quantitative estimate of drug-likeness (QED) is 0.121. The molecule has 0 aliphatic carbocycles. The molecule has 0 saturated carbocycles. The second kappa shape index (κ2) is 10.3. The second-order valence-electron chi connectivity index (χ2n) is 6.26. The van der Waals surface area contributed by atoms with Gasteiger partial charge in [-0.2, -0.15) is 36.7 Å². The largest absolute Gasteiger partial charge is 0.417 e. The lowest BCUT2D eigenvalue weighted by atomic mass is 10.1. The van der Waals surface area contributed by atoms with Gasteiger partial charge in [-0.15, -0.1) is 0 Å². The number of hydrazone groups is 1. The number of anilines is 3. The molecule has 0 radical (unpaired) electrons. The highest BCUT2D eigenvalue weighted by atomic mass is 35.5. The van der Waals surface area contributed by atoms with Crippen LogP contribution in [-0.4, -0.2) is 29.6 Å². The van der Waals surface area contributed by atoms with Gasteiger partial charge in [-0.1, -0.05) is 11.6 Å². The van der Waals surface area contributed by atoms with E-state index in [-0.39, 0.29) is 35.3 Å². The number of nitrogens with two attached hydrogens (primary N) is 1. The molecule has 33 heavy (non-hydrogen) atoms. The van der Waals surface area contributed by atoms with E-state index in [0.29, 0.717) is 12.3 Å². The number of pyridine rings is 1.